The van der Waals surface area contributed by atoms with Gasteiger partial charge in [0.05, 0.1) is 6.07 Å². The summed E-state index contributed by atoms with van der Waals surface area (Å²) in [5, 5.41) is 13.2. The standard InChI is InChI=1S/C18H13FN2O5/c19-13-4-6-14(7-5-13)25-15-3-1-2-12(10-15)11-20-18(22)16-8-9-17(26-16)21(23)24/h1-10H,11H2,(H,20,22). The number of nitro groups is 1. The Morgan fingerprint density at radius 1 is 1.12 bits per heavy atom. The molecule has 1 N–H and O–H groups in total. The van der Waals surface area contributed by atoms with Gasteiger partial charge in [0, 0.05) is 6.54 Å². The number of halogens is 1. The second-order valence-electron chi connectivity index (χ2n) is 5.28. The summed E-state index contributed by atoms with van der Waals surface area (Å²) in [5.41, 5.74) is 0.749. The minimum absolute atomic E-state index is 0.143. The number of rotatable bonds is 6. The molecule has 0 aliphatic rings. The number of hydrogen-bond acceptors (Lipinski definition) is 5. The van der Waals surface area contributed by atoms with Crippen LogP contribution in [0.3, 0.4) is 0 Å². The summed E-state index contributed by atoms with van der Waals surface area (Å²) < 4.78 is 23.4. The first-order valence-corrected chi connectivity index (χ1v) is 7.56. The Labute approximate surface area is 147 Å². The van der Waals surface area contributed by atoms with Gasteiger partial charge in [0.15, 0.2) is 5.76 Å². The van der Waals surface area contributed by atoms with Gasteiger partial charge in [-0.3, -0.25) is 14.9 Å². The topological polar surface area (TPSA) is 94.6 Å². The highest BCUT2D eigenvalue weighted by Crippen LogP contribution is 2.22. The number of amides is 1. The average molecular weight is 356 g/mol. The predicted molar refractivity (Wildman–Crippen MR) is 89.4 cm³/mol. The number of carbonyl (C=O) groups excluding carboxylic acids is 1. The maximum absolute atomic E-state index is 12.9. The zero-order valence-corrected chi connectivity index (χ0v) is 13.3. The molecule has 1 aromatic heterocycles. The highest BCUT2D eigenvalue weighted by Gasteiger charge is 2.16. The number of nitrogens with zero attached hydrogens (tertiary/aromatic N) is 1. The fraction of sp³-hybridized carbons (Fsp3) is 0.0556. The molecular weight excluding hydrogens is 343 g/mol. The summed E-state index contributed by atoms with van der Waals surface area (Å²) in [6, 6.07) is 14.9. The zero-order valence-electron chi connectivity index (χ0n) is 13.3. The smallest absolute Gasteiger partial charge is 0.433 e. The number of nitrogens with one attached hydrogen (secondary N) is 1. The van der Waals surface area contributed by atoms with Gasteiger partial charge in [-0.2, -0.15) is 0 Å². The number of benzene rings is 2. The van der Waals surface area contributed by atoms with E-state index in [0.717, 1.165) is 11.6 Å². The fourth-order valence-corrected chi connectivity index (χ4v) is 2.17. The molecule has 1 amide bonds. The second-order valence-corrected chi connectivity index (χ2v) is 5.28. The summed E-state index contributed by atoms with van der Waals surface area (Å²) in [5.74, 6) is -0.553. The maximum atomic E-state index is 12.9. The van der Waals surface area contributed by atoms with Gasteiger partial charge in [0.25, 0.3) is 5.91 Å². The summed E-state index contributed by atoms with van der Waals surface area (Å²) in [6.07, 6.45) is 0. The van der Waals surface area contributed by atoms with Crippen LogP contribution in [-0.2, 0) is 6.54 Å². The van der Waals surface area contributed by atoms with Crippen molar-refractivity contribution >= 4 is 11.8 Å². The number of hydrogen-bond donors (Lipinski definition) is 1. The lowest BCUT2D eigenvalue weighted by Gasteiger charge is -2.08. The van der Waals surface area contributed by atoms with Crippen molar-refractivity contribution in [2.45, 2.75) is 6.54 Å². The molecule has 0 aliphatic carbocycles. The normalized spacial score (nSPS) is 10.3. The third-order valence-corrected chi connectivity index (χ3v) is 3.40. The van der Waals surface area contributed by atoms with Gasteiger partial charge in [0.1, 0.15) is 22.2 Å². The molecule has 26 heavy (non-hydrogen) atoms. The summed E-state index contributed by atoms with van der Waals surface area (Å²) in [4.78, 5) is 21.8. The summed E-state index contributed by atoms with van der Waals surface area (Å²) in [6.45, 7) is 0.175. The van der Waals surface area contributed by atoms with Gasteiger partial charge in [-0.05, 0) is 48.0 Å². The van der Waals surface area contributed by atoms with E-state index in [0.29, 0.717) is 11.5 Å². The zero-order chi connectivity index (χ0) is 18.5. The molecule has 0 spiro atoms. The van der Waals surface area contributed by atoms with E-state index in [4.69, 9.17) is 9.15 Å². The van der Waals surface area contributed by atoms with Crippen molar-refractivity contribution < 1.29 is 23.3 Å². The monoisotopic (exact) mass is 356 g/mol. The van der Waals surface area contributed by atoms with Crippen molar-refractivity contribution in [1.29, 1.82) is 0 Å². The van der Waals surface area contributed by atoms with Crippen LogP contribution in [0.5, 0.6) is 11.5 Å². The molecule has 8 heteroatoms. The van der Waals surface area contributed by atoms with Gasteiger partial charge in [-0.1, -0.05) is 12.1 Å². The van der Waals surface area contributed by atoms with Crippen LogP contribution in [0.2, 0.25) is 0 Å². The van der Waals surface area contributed by atoms with E-state index in [1.54, 1.807) is 24.3 Å². The first kappa shape index (κ1) is 17.2. The minimum Gasteiger partial charge on any atom is -0.457 e. The van der Waals surface area contributed by atoms with Crippen LogP contribution in [0, 0.1) is 15.9 Å². The summed E-state index contributed by atoms with van der Waals surface area (Å²) >= 11 is 0. The van der Waals surface area contributed by atoms with Crippen molar-refractivity contribution in [2.24, 2.45) is 0 Å². The average Bonchev–Trinajstić information content (AvgIpc) is 3.13. The van der Waals surface area contributed by atoms with Crippen molar-refractivity contribution in [3.63, 3.8) is 0 Å². The van der Waals surface area contributed by atoms with E-state index in [2.05, 4.69) is 5.32 Å². The molecule has 0 saturated carbocycles. The van der Waals surface area contributed by atoms with E-state index < -0.39 is 16.7 Å². The van der Waals surface area contributed by atoms with Gasteiger partial charge in [-0.25, -0.2) is 4.39 Å². The van der Waals surface area contributed by atoms with Gasteiger partial charge < -0.3 is 14.5 Å². The molecular formula is C18H13FN2O5. The molecule has 7 nitrogen and oxygen atoms in total. The second kappa shape index (κ2) is 7.47. The Bertz CT molecular complexity index is 937. The fourth-order valence-electron chi connectivity index (χ4n) is 2.17. The number of furan rings is 1. The van der Waals surface area contributed by atoms with Crippen LogP contribution in [0.4, 0.5) is 10.3 Å². The molecule has 0 saturated heterocycles. The third kappa shape index (κ3) is 4.23. The third-order valence-electron chi connectivity index (χ3n) is 3.40. The van der Waals surface area contributed by atoms with Crippen molar-refractivity contribution in [2.75, 3.05) is 0 Å². The van der Waals surface area contributed by atoms with Crippen LogP contribution in [0.15, 0.2) is 65.1 Å². The van der Waals surface area contributed by atoms with E-state index in [-0.39, 0.29) is 18.1 Å². The Hall–Kier alpha value is -3.68. The SMILES string of the molecule is O=C(NCc1cccc(Oc2ccc(F)cc2)c1)c1ccc([N+](=O)[O-])o1. The molecule has 1 heterocycles. The molecule has 0 radical (unpaired) electrons. The lowest BCUT2D eigenvalue weighted by molar-refractivity contribution is -0.402. The number of ether oxygens (including phenoxy) is 1. The van der Waals surface area contributed by atoms with E-state index >= 15 is 0 Å². The molecule has 0 fully saturated rings. The Balaban J connectivity index is 1.62. The Kier molecular flexibility index (Phi) is 4.93. The maximum Gasteiger partial charge on any atom is 0.433 e. The van der Waals surface area contributed by atoms with E-state index in [1.165, 1.54) is 30.3 Å². The van der Waals surface area contributed by atoms with Crippen molar-refractivity contribution in [3.8, 4) is 11.5 Å². The molecule has 0 atom stereocenters. The summed E-state index contributed by atoms with van der Waals surface area (Å²) in [7, 11) is 0. The Morgan fingerprint density at radius 2 is 1.88 bits per heavy atom. The van der Waals surface area contributed by atoms with Crippen LogP contribution in [0.1, 0.15) is 16.1 Å². The highest BCUT2D eigenvalue weighted by molar-refractivity contribution is 5.91. The van der Waals surface area contributed by atoms with Crippen molar-refractivity contribution in [1.82, 2.24) is 5.32 Å². The molecule has 3 aromatic rings. The van der Waals surface area contributed by atoms with Gasteiger partial charge >= 0.3 is 5.88 Å². The highest BCUT2D eigenvalue weighted by atomic mass is 19.1. The van der Waals surface area contributed by atoms with Crippen LogP contribution in [0.25, 0.3) is 0 Å². The molecule has 0 unspecified atom stereocenters. The Morgan fingerprint density at radius 3 is 2.58 bits per heavy atom. The van der Waals surface area contributed by atoms with Crippen molar-refractivity contribution in [3.05, 3.63) is 87.9 Å². The van der Waals surface area contributed by atoms with Crippen LogP contribution >= 0.6 is 0 Å². The number of carbonyl (C=O) groups is 1. The van der Waals surface area contributed by atoms with Gasteiger partial charge in [-0.15, -0.1) is 0 Å². The van der Waals surface area contributed by atoms with E-state index in [1.807, 2.05) is 0 Å². The molecule has 0 aliphatic heterocycles. The largest absolute Gasteiger partial charge is 0.457 e. The molecule has 2 aromatic carbocycles. The molecule has 3 rings (SSSR count). The van der Waals surface area contributed by atoms with Crippen LogP contribution < -0.4 is 10.1 Å². The first-order chi connectivity index (χ1) is 12.5. The molecule has 0 bridgehead atoms. The molecule has 132 valence electrons. The lowest BCUT2D eigenvalue weighted by Crippen LogP contribution is -2.22. The first-order valence-electron chi connectivity index (χ1n) is 7.56. The van der Waals surface area contributed by atoms with E-state index in [9.17, 15) is 19.3 Å². The minimum atomic E-state index is -0.715. The lowest BCUT2D eigenvalue weighted by atomic mass is 10.2. The predicted octanol–water partition coefficient (Wildman–Crippen LogP) is 4.05. The van der Waals surface area contributed by atoms with Gasteiger partial charge in [0.2, 0.25) is 0 Å². The quantitative estimate of drug-likeness (QED) is 0.531. The van der Waals surface area contributed by atoms with Crippen LogP contribution in [-0.4, -0.2) is 10.8 Å².